The highest BCUT2D eigenvalue weighted by Crippen LogP contribution is 2.35. The summed E-state index contributed by atoms with van der Waals surface area (Å²) >= 11 is 0. The predicted molar refractivity (Wildman–Crippen MR) is 74.0 cm³/mol. The molecule has 21 heavy (non-hydrogen) atoms. The van der Waals surface area contributed by atoms with Gasteiger partial charge in [-0.3, -0.25) is 4.79 Å². The quantitative estimate of drug-likeness (QED) is 0.660. The van der Waals surface area contributed by atoms with E-state index in [9.17, 15) is 18.0 Å². The van der Waals surface area contributed by atoms with E-state index in [1.54, 1.807) is 18.2 Å². The van der Waals surface area contributed by atoms with E-state index >= 15 is 0 Å². The molecule has 0 atom stereocenters. The summed E-state index contributed by atoms with van der Waals surface area (Å²) in [5.74, 6) is -1.54. The molecule has 1 amide bonds. The van der Waals surface area contributed by atoms with Crippen LogP contribution in [0.15, 0.2) is 35.2 Å². The molecule has 1 aliphatic rings. The van der Waals surface area contributed by atoms with E-state index in [-0.39, 0.29) is 17.9 Å². The Bertz CT molecular complexity index is 638. The molecule has 7 nitrogen and oxygen atoms in total. The third kappa shape index (κ3) is 3.79. The van der Waals surface area contributed by atoms with Gasteiger partial charge in [-0.25, -0.2) is 17.9 Å². The molecular weight excluding hydrogens is 296 g/mol. The van der Waals surface area contributed by atoms with E-state index in [1.165, 1.54) is 12.1 Å². The summed E-state index contributed by atoms with van der Waals surface area (Å²) in [5.41, 5.74) is -1.14. The maximum atomic E-state index is 11.9. The van der Waals surface area contributed by atoms with Crippen molar-refractivity contribution in [3.05, 3.63) is 30.3 Å². The summed E-state index contributed by atoms with van der Waals surface area (Å²) in [6.07, 6.45) is 0.703. The van der Waals surface area contributed by atoms with Crippen molar-refractivity contribution >= 4 is 21.9 Å². The number of hydrogen-bond donors (Lipinski definition) is 3. The lowest BCUT2D eigenvalue weighted by molar-refractivity contribution is -0.143. The molecule has 0 bridgehead atoms. The summed E-state index contributed by atoms with van der Waals surface area (Å²) in [5, 5.41) is 11.3. The molecule has 1 aromatic rings. The zero-order chi connectivity index (χ0) is 15.5. The smallest absolute Gasteiger partial charge is 0.329 e. The summed E-state index contributed by atoms with van der Waals surface area (Å²) in [6.45, 7) is -0.0846. The monoisotopic (exact) mass is 312 g/mol. The second-order valence-corrected chi connectivity index (χ2v) is 6.66. The highest BCUT2D eigenvalue weighted by Gasteiger charge is 2.51. The Balaban J connectivity index is 1.82. The molecule has 0 aromatic heterocycles. The van der Waals surface area contributed by atoms with Gasteiger partial charge < -0.3 is 10.4 Å². The van der Waals surface area contributed by atoms with Gasteiger partial charge in [0, 0.05) is 13.0 Å². The van der Waals surface area contributed by atoms with E-state index in [0.717, 1.165) is 0 Å². The molecule has 2 rings (SSSR count). The van der Waals surface area contributed by atoms with Gasteiger partial charge in [0.05, 0.1) is 4.90 Å². The molecule has 8 heteroatoms. The molecule has 1 aliphatic carbocycles. The van der Waals surface area contributed by atoms with Crippen molar-refractivity contribution in [3.63, 3.8) is 0 Å². The Morgan fingerprint density at radius 1 is 1.19 bits per heavy atom. The van der Waals surface area contributed by atoms with E-state index in [1.807, 2.05) is 0 Å². The number of rotatable bonds is 7. The summed E-state index contributed by atoms with van der Waals surface area (Å²) < 4.78 is 26.1. The fourth-order valence-corrected chi connectivity index (χ4v) is 2.88. The van der Waals surface area contributed by atoms with Crippen molar-refractivity contribution in [1.82, 2.24) is 10.0 Å². The number of carboxylic acid groups (broad SMARTS) is 1. The number of amides is 1. The molecule has 1 fully saturated rings. The Labute approximate surface area is 122 Å². The van der Waals surface area contributed by atoms with Crippen LogP contribution in [0.4, 0.5) is 0 Å². The standard InChI is InChI=1S/C13H16N2O5S/c16-11(15-13(7-8-13)12(17)18)6-9-14-21(19,20)10-4-2-1-3-5-10/h1-5,14H,6-9H2,(H,15,16)(H,17,18). The molecule has 114 valence electrons. The van der Waals surface area contributed by atoms with Gasteiger partial charge in [-0.2, -0.15) is 0 Å². The minimum absolute atomic E-state index is 0.0846. The molecule has 0 heterocycles. The molecule has 0 unspecified atom stereocenters. The fourth-order valence-electron chi connectivity index (χ4n) is 1.83. The van der Waals surface area contributed by atoms with Gasteiger partial charge in [0.1, 0.15) is 5.54 Å². The first-order chi connectivity index (χ1) is 9.86. The number of carbonyl (C=O) groups is 2. The Kier molecular flexibility index (Phi) is 4.29. The maximum absolute atomic E-state index is 11.9. The zero-order valence-corrected chi connectivity index (χ0v) is 12.0. The minimum Gasteiger partial charge on any atom is -0.480 e. The number of hydrogen-bond acceptors (Lipinski definition) is 4. The molecule has 0 saturated heterocycles. The molecule has 1 saturated carbocycles. The van der Waals surface area contributed by atoms with Crippen LogP contribution in [0.5, 0.6) is 0 Å². The number of aliphatic carboxylic acids is 1. The number of nitrogens with one attached hydrogen (secondary N) is 2. The fraction of sp³-hybridized carbons (Fsp3) is 0.385. The van der Waals surface area contributed by atoms with Gasteiger partial charge in [-0.1, -0.05) is 18.2 Å². The number of sulfonamides is 1. The van der Waals surface area contributed by atoms with Crippen molar-refractivity contribution in [3.8, 4) is 0 Å². The molecule has 3 N–H and O–H groups in total. The first kappa shape index (κ1) is 15.5. The Morgan fingerprint density at radius 2 is 1.81 bits per heavy atom. The molecule has 0 aliphatic heterocycles. The van der Waals surface area contributed by atoms with Crippen LogP contribution in [0, 0.1) is 0 Å². The van der Waals surface area contributed by atoms with E-state index in [2.05, 4.69) is 10.0 Å². The van der Waals surface area contributed by atoms with Gasteiger partial charge in [0.2, 0.25) is 15.9 Å². The van der Waals surface area contributed by atoms with E-state index in [4.69, 9.17) is 5.11 Å². The second-order valence-electron chi connectivity index (χ2n) is 4.90. The third-order valence-corrected chi connectivity index (χ3v) is 4.71. The number of benzene rings is 1. The van der Waals surface area contributed by atoms with Gasteiger partial charge >= 0.3 is 5.97 Å². The minimum atomic E-state index is -3.65. The van der Waals surface area contributed by atoms with Gasteiger partial charge in [-0.05, 0) is 25.0 Å². The van der Waals surface area contributed by atoms with Crippen molar-refractivity contribution in [1.29, 1.82) is 0 Å². The molecule has 1 aromatic carbocycles. The number of carboxylic acids is 1. The van der Waals surface area contributed by atoms with Crippen LogP contribution in [0.25, 0.3) is 0 Å². The molecule has 0 radical (unpaired) electrons. The lowest BCUT2D eigenvalue weighted by Crippen LogP contribution is -2.44. The first-order valence-electron chi connectivity index (χ1n) is 6.45. The SMILES string of the molecule is O=C(CCNS(=O)(=O)c1ccccc1)NC1(C(=O)O)CC1. The van der Waals surface area contributed by atoms with Crippen LogP contribution in [0.3, 0.4) is 0 Å². The van der Waals surface area contributed by atoms with E-state index < -0.39 is 27.4 Å². The summed E-state index contributed by atoms with van der Waals surface area (Å²) in [7, 11) is -3.65. The highest BCUT2D eigenvalue weighted by molar-refractivity contribution is 7.89. The average Bonchev–Trinajstić information content (AvgIpc) is 3.20. The molecular formula is C13H16N2O5S. The summed E-state index contributed by atoms with van der Waals surface area (Å²) in [6, 6.07) is 7.81. The highest BCUT2D eigenvalue weighted by atomic mass is 32.2. The van der Waals surface area contributed by atoms with Crippen molar-refractivity contribution in [2.45, 2.75) is 29.7 Å². The van der Waals surface area contributed by atoms with E-state index in [0.29, 0.717) is 12.8 Å². The van der Waals surface area contributed by atoms with Gasteiger partial charge in [-0.15, -0.1) is 0 Å². The average molecular weight is 312 g/mol. The lowest BCUT2D eigenvalue weighted by atomic mass is 10.2. The zero-order valence-electron chi connectivity index (χ0n) is 11.2. The van der Waals surface area contributed by atoms with Crippen LogP contribution in [-0.4, -0.2) is 37.5 Å². The second kappa shape index (κ2) is 5.82. The van der Waals surface area contributed by atoms with Crippen LogP contribution >= 0.6 is 0 Å². The van der Waals surface area contributed by atoms with Crippen LogP contribution in [0.1, 0.15) is 19.3 Å². The van der Waals surface area contributed by atoms with Gasteiger partial charge in [0.25, 0.3) is 0 Å². The van der Waals surface area contributed by atoms with Crippen LogP contribution in [-0.2, 0) is 19.6 Å². The first-order valence-corrected chi connectivity index (χ1v) is 7.93. The van der Waals surface area contributed by atoms with Crippen molar-refractivity contribution in [2.75, 3.05) is 6.54 Å². The third-order valence-electron chi connectivity index (χ3n) is 3.24. The Morgan fingerprint density at radius 3 is 2.33 bits per heavy atom. The maximum Gasteiger partial charge on any atom is 0.329 e. The largest absolute Gasteiger partial charge is 0.480 e. The predicted octanol–water partition coefficient (Wildman–Crippen LogP) is 0.0884. The lowest BCUT2D eigenvalue weighted by Gasteiger charge is -2.12. The van der Waals surface area contributed by atoms with Crippen LogP contribution < -0.4 is 10.0 Å². The normalized spacial score (nSPS) is 16.2. The Hall–Kier alpha value is -1.93. The number of carbonyl (C=O) groups excluding carboxylic acids is 1. The summed E-state index contributed by atoms with van der Waals surface area (Å²) in [4.78, 5) is 22.6. The molecule has 0 spiro atoms. The topological polar surface area (TPSA) is 113 Å². The van der Waals surface area contributed by atoms with Crippen molar-refractivity contribution in [2.24, 2.45) is 0 Å². The van der Waals surface area contributed by atoms with Crippen molar-refractivity contribution < 1.29 is 23.1 Å². The van der Waals surface area contributed by atoms with Gasteiger partial charge in [0.15, 0.2) is 0 Å². The van der Waals surface area contributed by atoms with Crippen LogP contribution in [0.2, 0.25) is 0 Å².